The summed E-state index contributed by atoms with van der Waals surface area (Å²) in [6, 6.07) is 0. The maximum atomic E-state index is 10.7. The molecule has 0 unspecified atom stereocenters. The number of hydrogen-bond donors (Lipinski definition) is 1. The Balaban J connectivity index is 2.26. The monoisotopic (exact) mass is 160 g/mol. The van der Waals surface area contributed by atoms with Gasteiger partial charge in [0.05, 0.1) is 10.3 Å². The van der Waals surface area contributed by atoms with Gasteiger partial charge in [-0.3, -0.25) is 4.79 Å². The molecule has 0 saturated heterocycles. The number of rotatable bonds is 1. The quantitative estimate of drug-likeness (QED) is 0.592. The molecule has 0 spiro atoms. The molecule has 0 aromatic carbocycles. The van der Waals surface area contributed by atoms with Crippen LogP contribution in [0, 0.1) is 5.41 Å². The van der Waals surface area contributed by atoms with Gasteiger partial charge in [-0.25, -0.2) is 0 Å². The van der Waals surface area contributed by atoms with Gasteiger partial charge in [-0.2, -0.15) is 0 Å². The van der Waals surface area contributed by atoms with Gasteiger partial charge in [0.15, 0.2) is 0 Å². The van der Waals surface area contributed by atoms with E-state index >= 15 is 0 Å². The number of alkyl halides is 1. The van der Waals surface area contributed by atoms with Gasteiger partial charge in [-0.1, -0.05) is 0 Å². The number of aliphatic carboxylic acids is 1. The SMILES string of the molecule is O=C(O)C12CCC1(Cl)CC2. The zero-order valence-electron chi connectivity index (χ0n) is 5.56. The van der Waals surface area contributed by atoms with Gasteiger partial charge >= 0.3 is 5.97 Å². The first-order valence-corrected chi connectivity index (χ1v) is 3.91. The first-order chi connectivity index (χ1) is 4.61. The molecule has 2 nitrogen and oxygen atoms in total. The van der Waals surface area contributed by atoms with E-state index in [0.29, 0.717) is 0 Å². The lowest BCUT2D eigenvalue weighted by Crippen LogP contribution is -2.65. The smallest absolute Gasteiger partial charge is 0.311 e. The van der Waals surface area contributed by atoms with Gasteiger partial charge in [-0.05, 0) is 25.7 Å². The van der Waals surface area contributed by atoms with E-state index < -0.39 is 11.4 Å². The Morgan fingerprint density at radius 2 is 1.80 bits per heavy atom. The summed E-state index contributed by atoms with van der Waals surface area (Å²) in [5, 5.41) is 8.79. The van der Waals surface area contributed by atoms with E-state index in [1.54, 1.807) is 0 Å². The van der Waals surface area contributed by atoms with Gasteiger partial charge < -0.3 is 5.11 Å². The highest BCUT2D eigenvalue weighted by Gasteiger charge is 2.69. The molecule has 2 fully saturated rings. The van der Waals surface area contributed by atoms with Crippen molar-refractivity contribution >= 4 is 17.6 Å². The summed E-state index contributed by atoms with van der Waals surface area (Å²) in [6.07, 6.45) is 3.35. The standard InChI is InChI=1S/C7H9ClO2/c8-7-3-1-6(7,2-4-7)5(9)10/h1-4H2,(H,9,10). The fraction of sp³-hybridized carbons (Fsp3) is 0.857. The van der Waals surface area contributed by atoms with Crippen molar-refractivity contribution in [3.05, 3.63) is 0 Å². The molecule has 0 aliphatic heterocycles. The van der Waals surface area contributed by atoms with Crippen molar-refractivity contribution in [2.24, 2.45) is 5.41 Å². The fourth-order valence-electron chi connectivity index (χ4n) is 2.05. The van der Waals surface area contributed by atoms with E-state index in [-0.39, 0.29) is 4.87 Å². The van der Waals surface area contributed by atoms with Gasteiger partial charge in [0.1, 0.15) is 0 Å². The molecular formula is C7H9ClO2. The third-order valence-corrected chi connectivity index (χ3v) is 3.90. The molecule has 0 bridgehead atoms. The largest absolute Gasteiger partial charge is 0.481 e. The molecule has 3 heteroatoms. The molecule has 2 rings (SSSR count). The number of carboxylic acid groups (broad SMARTS) is 1. The molecular weight excluding hydrogens is 152 g/mol. The minimum atomic E-state index is -0.694. The van der Waals surface area contributed by atoms with Crippen molar-refractivity contribution in [1.29, 1.82) is 0 Å². The Labute approximate surface area is 64.2 Å². The summed E-state index contributed by atoms with van der Waals surface area (Å²) < 4.78 is 0. The molecule has 0 aromatic rings. The van der Waals surface area contributed by atoms with Crippen LogP contribution in [0.2, 0.25) is 0 Å². The van der Waals surface area contributed by atoms with Crippen LogP contribution in [0.5, 0.6) is 0 Å². The first kappa shape index (κ1) is 6.47. The van der Waals surface area contributed by atoms with Crippen LogP contribution in [-0.2, 0) is 4.79 Å². The van der Waals surface area contributed by atoms with Crippen LogP contribution in [0.1, 0.15) is 25.7 Å². The van der Waals surface area contributed by atoms with Crippen LogP contribution in [0.3, 0.4) is 0 Å². The highest BCUT2D eigenvalue weighted by atomic mass is 35.5. The van der Waals surface area contributed by atoms with Crippen LogP contribution in [0.4, 0.5) is 0 Å². The summed E-state index contributed by atoms with van der Waals surface area (Å²) in [7, 11) is 0. The van der Waals surface area contributed by atoms with E-state index in [4.69, 9.17) is 16.7 Å². The maximum Gasteiger partial charge on any atom is 0.311 e. The molecule has 56 valence electrons. The van der Waals surface area contributed by atoms with Crippen LogP contribution >= 0.6 is 11.6 Å². The Morgan fingerprint density at radius 1 is 1.30 bits per heavy atom. The molecule has 2 aliphatic carbocycles. The lowest BCUT2D eigenvalue weighted by molar-refractivity contribution is -0.171. The molecule has 0 radical (unpaired) electrons. The number of fused-ring (bicyclic) bond motifs is 1. The van der Waals surface area contributed by atoms with Gasteiger partial charge in [0.25, 0.3) is 0 Å². The Kier molecular flexibility index (Phi) is 0.970. The van der Waals surface area contributed by atoms with Gasteiger partial charge in [-0.15, -0.1) is 11.6 Å². The highest BCUT2D eigenvalue weighted by molar-refractivity contribution is 6.27. The molecule has 0 amide bonds. The molecule has 0 atom stereocenters. The van der Waals surface area contributed by atoms with E-state index in [9.17, 15) is 4.79 Å². The topological polar surface area (TPSA) is 37.3 Å². The second kappa shape index (κ2) is 1.50. The summed E-state index contributed by atoms with van der Waals surface area (Å²) in [6.45, 7) is 0. The van der Waals surface area contributed by atoms with Gasteiger partial charge in [0.2, 0.25) is 0 Å². The molecule has 1 N–H and O–H groups in total. The van der Waals surface area contributed by atoms with E-state index in [2.05, 4.69) is 0 Å². The molecule has 0 heterocycles. The van der Waals surface area contributed by atoms with Crippen molar-refractivity contribution < 1.29 is 9.90 Å². The van der Waals surface area contributed by atoms with Crippen molar-refractivity contribution in [3.63, 3.8) is 0 Å². The summed E-state index contributed by atoms with van der Waals surface area (Å²) in [5.74, 6) is -0.694. The maximum absolute atomic E-state index is 10.7. The third kappa shape index (κ3) is 0.429. The van der Waals surface area contributed by atoms with Crippen molar-refractivity contribution in [2.45, 2.75) is 30.6 Å². The zero-order valence-corrected chi connectivity index (χ0v) is 6.32. The van der Waals surface area contributed by atoms with E-state index in [0.717, 1.165) is 25.7 Å². The fourth-order valence-corrected chi connectivity index (χ4v) is 2.51. The predicted octanol–water partition coefficient (Wildman–Crippen LogP) is 1.62. The van der Waals surface area contributed by atoms with Crippen LogP contribution in [0.25, 0.3) is 0 Å². The Bertz CT molecular complexity index is 192. The molecule has 10 heavy (non-hydrogen) atoms. The van der Waals surface area contributed by atoms with Crippen molar-refractivity contribution in [3.8, 4) is 0 Å². The van der Waals surface area contributed by atoms with Crippen LogP contribution < -0.4 is 0 Å². The first-order valence-electron chi connectivity index (χ1n) is 3.53. The van der Waals surface area contributed by atoms with Crippen molar-refractivity contribution in [1.82, 2.24) is 0 Å². The van der Waals surface area contributed by atoms with Crippen LogP contribution in [-0.4, -0.2) is 16.0 Å². The lowest BCUT2D eigenvalue weighted by Gasteiger charge is -2.61. The van der Waals surface area contributed by atoms with Gasteiger partial charge in [0, 0.05) is 0 Å². The molecule has 0 aromatic heterocycles. The summed E-state index contributed by atoms with van der Waals surface area (Å²) >= 11 is 6.01. The van der Waals surface area contributed by atoms with Crippen LogP contribution in [0.15, 0.2) is 0 Å². The second-order valence-corrected chi connectivity index (χ2v) is 4.08. The lowest BCUT2D eigenvalue weighted by atomic mass is 9.47. The highest BCUT2D eigenvalue weighted by Crippen LogP contribution is 2.67. The Morgan fingerprint density at radius 3 is 1.80 bits per heavy atom. The minimum Gasteiger partial charge on any atom is -0.481 e. The zero-order chi connectivity index (χ0) is 7.41. The Hall–Kier alpha value is -0.240. The second-order valence-electron chi connectivity index (χ2n) is 3.35. The number of hydrogen-bond acceptors (Lipinski definition) is 1. The average molecular weight is 161 g/mol. The normalized spacial score (nSPS) is 50.5. The minimum absolute atomic E-state index is 0.348. The van der Waals surface area contributed by atoms with E-state index in [1.807, 2.05) is 0 Å². The summed E-state index contributed by atoms with van der Waals surface area (Å²) in [4.78, 5) is 10.3. The number of halogens is 1. The van der Waals surface area contributed by atoms with E-state index in [1.165, 1.54) is 0 Å². The number of carboxylic acids is 1. The molecule has 2 saturated carbocycles. The molecule has 2 aliphatic rings. The summed E-state index contributed by atoms with van der Waals surface area (Å²) in [5.41, 5.74) is -0.519. The van der Waals surface area contributed by atoms with Crippen molar-refractivity contribution in [2.75, 3.05) is 0 Å². The average Bonchev–Trinajstić information content (AvgIpc) is 1.87. The third-order valence-electron chi connectivity index (χ3n) is 3.16. The number of carbonyl (C=O) groups is 1. The predicted molar refractivity (Wildman–Crippen MR) is 37.1 cm³/mol.